The summed E-state index contributed by atoms with van der Waals surface area (Å²) in [5, 5.41) is 0. The largest absolute Gasteiger partial charge is 0.0533 e. The highest BCUT2D eigenvalue weighted by atomic mass is 15.3. The summed E-state index contributed by atoms with van der Waals surface area (Å²) in [7, 11) is 0. The Labute approximate surface area is 365 Å². The van der Waals surface area contributed by atoms with Crippen molar-refractivity contribution in [3.05, 3.63) is 0 Å². The highest BCUT2D eigenvalue weighted by Gasteiger charge is 3.22. The van der Waals surface area contributed by atoms with Crippen molar-refractivity contribution in [2.75, 3.05) is 0 Å². The summed E-state index contributed by atoms with van der Waals surface area (Å²) < 4.78 is 0. The van der Waals surface area contributed by atoms with Gasteiger partial charge in [0.05, 0.1) is 0 Å². The van der Waals surface area contributed by atoms with E-state index in [-0.39, 0.29) is 0 Å². The molecule has 0 aromatic rings. The molecule has 0 nitrogen and oxygen atoms in total. The van der Waals surface area contributed by atoms with Crippen LogP contribution in [-0.2, 0) is 0 Å². The van der Waals surface area contributed by atoms with Gasteiger partial charge in [0.15, 0.2) is 0 Å². The molecule has 39 unspecified atom stereocenters. The highest BCUT2D eigenvalue weighted by Crippen LogP contribution is 3.25. The van der Waals surface area contributed by atoms with Crippen LogP contribution < -0.4 is 0 Å². The summed E-state index contributed by atoms with van der Waals surface area (Å²) in [6, 6.07) is 0. The topological polar surface area (TPSA) is 0 Å². The molecule has 4 bridgehead atoms. The maximum Gasteiger partial charge on any atom is -0.00991 e. The van der Waals surface area contributed by atoms with Crippen LogP contribution >= 0.6 is 0 Å². The van der Waals surface area contributed by atoms with Gasteiger partial charge in [0.25, 0.3) is 0 Å². The minimum absolute atomic E-state index is 0.800. The normalized spacial score (nSPS) is 90.1. The van der Waals surface area contributed by atoms with Crippen molar-refractivity contribution in [3.8, 4) is 0 Å². The van der Waals surface area contributed by atoms with E-state index in [0.29, 0.717) is 0 Å². The molecule has 0 aromatic heterocycles. The monoisotopic (exact) mass is 807 g/mol. The quantitative estimate of drug-likeness (QED) is 0.229. The maximum atomic E-state index is 1.88. The van der Waals surface area contributed by atoms with E-state index in [1.165, 1.54) is 172 Å². The van der Waals surface area contributed by atoms with Crippen LogP contribution in [0.1, 0.15) is 141 Å². The fraction of sp³-hybridized carbons (Fsp3) is 1.00. The minimum atomic E-state index is 0.800. The zero-order valence-electron chi connectivity index (χ0n) is 37.4. The standard InChI is InChI=1S/C61H74/c1-2-4-9-23-10-6-15-28-42-49-43-32-22-31-41-30-21-29-34-26-13-7-11-24-16-18-55(49,61(43)51-50-46(34)56(29,30)60(41,50)52(51)57(31,32)61)54(42)20-19-53(24)17-8-14-25(26)33-27(12-5-3-1)35-36(33)44-37(35)45-39-38-40(23)58(28,54)47(38)48(39)59(44,45)53/h23-52H,1-22H2. The van der Waals surface area contributed by atoms with Crippen LogP contribution in [0.25, 0.3) is 0 Å². The molecule has 25 aliphatic carbocycles. The van der Waals surface area contributed by atoms with Crippen molar-refractivity contribution < 1.29 is 0 Å². The van der Waals surface area contributed by atoms with Crippen molar-refractivity contribution in [2.24, 2.45) is 226 Å². The molecule has 9 spiro atoms. The van der Waals surface area contributed by atoms with E-state index >= 15 is 0 Å². The number of rotatable bonds is 0. The Morgan fingerprint density at radius 3 is 2.02 bits per heavy atom. The second-order valence-electron chi connectivity index (χ2n) is 32.6. The van der Waals surface area contributed by atoms with Gasteiger partial charge in [-0.3, -0.25) is 0 Å². The molecule has 25 aliphatic rings. The molecule has 25 saturated carbocycles. The zero-order chi connectivity index (χ0) is 37.4. The Balaban J connectivity index is 0.830. The van der Waals surface area contributed by atoms with Crippen molar-refractivity contribution in [1.29, 1.82) is 0 Å². The Bertz CT molecular complexity index is 2450. The van der Waals surface area contributed by atoms with E-state index in [4.69, 9.17) is 0 Å². The van der Waals surface area contributed by atoms with E-state index in [1.807, 2.05) is 32.1 Å². The van der Waals surface area contributed by atoms with Gasteiger partial charge in [0, 0.05) is 0 Å². The third kappa shape index (κ3) is 1.75. The van der Waals surface area contributed by atoms with Crippen LogP contribution in [0.5, 0.6) is 0 Å². The Hall–Kier alpha value is 0. The molecule has 0 radical (unpaired) electrons. The molecular weight excluding hydrogens is 733 g/mol. The van der Waals surface area contributed by atoms with Gasteiger partial charge < -0.3 is 0 Å². The van der Waals surface area contributed by atoms with E-state index < -0.39 is 0 Å². The summed E-state index contributed by atoms with van der Waals surface area (Å²) in [6.45, 7) is 0. The van der Waals surface area contributed by atoms with Gasteiger partial charge >= 0.3 is 0 Å². The molecule has 0 saturated heterocycles. The minimum Gasteiger partial charge on any atom is -0.0533 e. The fourth-order valence-corrected chi connectivity index (χ4v) is 40.2. The smallest absolute Gasteiger partial charge is 0.00991 e. The molecule has 0 heteroatoms. The van der Waals surface area contributed by atoms with E-state index in [2.05, 4.69) is 0 Å². The molecule has 25 fully saturated rings. The lowest BCUT2D eigenvalue weighted by molar-refractivity contribution is -0.708. The molecule has 0 N–H and O–H groups in total. The Morgan fingerprint density at radius 1 is 0.295 bits per heavy atom. The van der Waals surface area contributed by atoms with Crippen molar-refractivity contribution >= 4 is 0 Å². The second kappa shape index (κ2) is 7.58. The lowest BCUT2D eigenvalue weighted by atomic mass is 8.87. The fourth-order valence-electron chi connectivity index (χ4n) is 40.2. The third-order valence-electron chi connectivity index (χ3n) is 37.1. The third-order valence-corrected chi connectivity index (χ3v) is 37.1. The molecule has 0 heterocycles. The summed E-state index contributed by atoms with van der Waals surface area (Å²) in [4.78, 5) is 0. The van der Waals surface area contributed by atoms with Gasteiger partial charge in [-0.1, -0.05) is 64.2 Å². The van der Waals surface area contributed by atoms with Crippen molar-refractivity contribution in [1.82, 2.24) is 0 Å². The first-order valence-electron chi connectivity index (χ1n) is 30.3. The predicted octanol–water partition coefficient (Wildman–Crippen LogP) is 12.3. The Morgan fingerprint density at radius 2 is 1.03 bits per heavy atom. The highest BCUT2D eigenvalue weighted by molar-refractivity contribution is 5.68. The van der Waals surface area contributed by atoms with E-state index in [9.17, 15) is 0 Å². The molecule has 0 amide bonds. The van der Waals surface area contributed by atoms with Crippen molar-refractivity contribution in [3.63, 3.8) is 0 Å². The second-order valence-corrected chi connectivity index (χ2v) is 32.6. The molecule has 0 aromatic carbocycles. The molecular formula is C61H74. The van der Waals surface area contributed by atoms with Crippen molar-refractivity contribution in [2.45, 2.75) is 141 Å². The molecule has 0 aliphatic heterocycles. The first-order valence-corrected chi connectivity index (χ1v) is 30.3. The van der Waals surface area contributed by atoms with E-state index in [0.717, 1.165) is 54.7 Å². The SMILES string of the molecule is C1CCCC2CCCC3C4C5C6C7CC8C9C%10CC%11C%12C%13CCCC%14CCC5(C45CCC%144CCCC%13C%13C(CCC1)C1C%13C%13C1C1C%14C%15C2C35C%15C%14C%1314)C61C2C3C%12C%11%10C93C2C871. The zero-order valence-corrected chi connectivity index (χ0v) is 37.4. The molecule has 39 atom stereocenters. The lowest BCUT2D eigenvalue weighted by Gasteiger charge is -3.17. The summed E-state index contributed by atoms with van der Waals surface area (Å²) in [6.07, 6.45) is 38.2. The number of fused-ring (bicyclic) bond motifs is 11. The van der Waals surface area contributed by atoms with Gasteiger partial charge in [-0.05, 0) is 303 Å². The van der Waals surface area contributed by atoms with E-state index in [1.54, 1.807) is 109 Å². The molecule has 25 rings (SSSR count). The maximum absolute atomic E-state index is 1.88. The van der Waals surface area contributed by atoms with Gasteiger partial charge in [0.1, 0.15) is 0 Å². The lowest BCUT2D eigenvalue weighted by Crippen LogP contribution is -3.14. The summed E-state index contributed by atoms with van der Waals surface area (Å²) in [5.41, 5.74) is 8.23. The predicted molar refractivity (Wildman–Crippen MR) is 228 cm³/mol. The average molecular weight is 807 g/mol. The van der Waals surface area contributed by atoms with Crippen LogP contribution in [0.4, 0.5) is 0 Å². The van der Waals surface area contributed by atoms with Gasteiger partial charge in [-0.25, -0.2) is 0 Å². The van der Waals surface area contributed by atoms with Crippen LogP contribution in [0.15, 0.2) is 0 Å². The Kier molecular flexibility index (Phi) is 3.78. The van der Waals surface area contributed by atoms with Gasteiger partial charge in [0.2, 0.25) is 0 Å². The van der Waals surface area contributed by atoms with Gasteiger partial charge in [-0.15, -0.1) is 0 Å². The number of hydrogen-bond acceptors (Lipinski definition) is 0. The van der Waals surface area contributed by atoms with Crippen LogP contribution in [0, 0.1) is 226 Å². The average Bonchev–Trinajstić information content (AvgIpc) is 3.28. The summed E-state index contributed by atoms with van der Waals surface area (Å²) in [5.74, 6) is 37.8. The van der Waals surface area contributed by atoms with Crippen LogP contribution in [0.3, 0.4) is 0 Å². The van der Waals surface area contributed by atoms with Crippen LogP contribution in [0.2, 0.25) is 0 Å². The molecule has 61 heavy (non-hydrogen) atoms. The summed E-state index contributed by atoms with van der Waals surface area (Å²) >= 11 is 0. The number of hydrogen-bond donors (Lipinski definition) is 0. The first-order chi connectivity index (χ1) is 30.3. The first kappa shape index (κ1) is 30.4. The molecule has 318 valence electrons. The van der Waals surface area contributed by atoms with Crippen LogP contribution in [-0.4, -0.2) is 0 Å². The van der Waals surface area contributed by atoms with Gasteiger partial charge in [-0.2, -0.15) is 0 Å².